The highest BCUT2D eigenvalue weighted by Gasteiger charge is 2.49. The van der Waals surface area contributed by atoms with Crippen molar-refractivity contribution in [1.82, 2.24) is 5.32 Å². The summed E-state index contributed by atoms with van der Waals surface area (Å²) in [6.07, 6.45) is -4.56. The first-order valence-electron chi connectivity index (χ1n) is 3.46. The van der Waals surface area contributed by atoms with Crippen LogP contribution in [0.5, 0.6) is 0 Å². The van der Waals surface area contributed by atoms with E-state index in [1.54, 1.807) is 0 Å². The zero-order valence-electron chi connectivity index (χ0n) is 6.06. The lowest BCUT2D eigenvalue weighted by Gasteiger charge is -2.18. The Balaban J connectivity index is 2.71. The van der Waals surface area contributed by atoms with Gasteiger partial charge in [-0.2, -0.15) is 13.2 Å². The molecule has 0 bridgehead atoms. The zero-order chi connectivity index (χ0) is 9.35. The maximum atomic E-state index is 12.1. The molecule has 1 aliphatic rings. The Morgan fingerprint density at radius 1 is 1.50 bits per heavy atom. The van der Waals surface area contributed by atoms with Gasteiger partial charge in [0, 0.05) is 0 Å². The van der Waals surface area contributed by atoms with Gasteiger partial charge in [0.2, 0.25) is 0 Å². The van der Waals surface area contributed by atoms with Crippen molar-refractivity contribution in [3.8, 4) is 0 Å². The molecular weight excluding hydrogens is 175 g/mol. The number of aliphatic carboxylic acids is 1. The molecule has 0 aromatic carbocycles. The van der Waals surface area contributed by atoms with Crippen LogP contribution in [0.15, 0.2) is 0 Å². The van der Waals surface area contributed by atoms with E-state index >= 15 is 0 Å². The number of rotatable bonds is 1. The van der Waals surface area contributed by atoms with Crippen LogP contribution in [0.4, 0.5) is 13.2 Å². The van der Waals surface area contributed by atoms with Crippen molar-refractivity contribution in [3.05, 3.63) is 0 Å². The highest BCUT2D eigenvalue weighted by atomic mass is 19.4. The first-order chi connectivity index (χ1) is 5.43. The van der Waals surface area contributed by atoms with E-state index in [0.29, 0.717) is 0 Å². The summed E-state index contributed by atoms with van der Waals surface area (Å²) in [5.74, 6) is -3.18. The van der Waals surface area contributed by atoms with Crippen LogP contribution in [-0.4, -0.2) is 29.8 Å². The van der Waals surface area contributed by atoms with E-state index < -0.39 is 24.1 Å². The molecule has 1 rings (SSSR count). The van der Waals surface area contributed by atoms with Gasteiger partial charge >= 0.3 is 12.1 Å². The minimum absolute atomic E-state index is 0.112. The molecule has 6 heteroatoms. The molecule has 0 unspecified atom stereocenters. The number of alkyl halides is 3. The second-order valence-electron chi connectivity index (χ2n) is 2.71. The molecule has 1 heterocycles. The van der Waals surface area contributed by atoms with Crippen molar-refractivity contribution in [2.45, 2.75) is 18.6 Å². The maximum absolute atomic E-state index is 12.1. The molecule has 0 aromatic rings. The van der Waals surface area contributed by atoms with Crippen molar-refractivity contribution < 1.29 is 23.1 Å². The summed E-state index contributed by atoms with van der Waals surface area (Å²) in [5.41, 5.74) is 0. The molecule has 0 radical (unpaired) electrons. The summed E-state index contributed by atoms with van der Waals surface area (Å²) >= 11 is 0. The van der Waals surface area contributed by atoms with Crippen LogP contribution in [0.2, 0.25) is 0 Å². The summed E-state index contributed by atoms with van der Waals surface area (Å²) < 4.78 is 36.2. The van der Waals surface area contributed by atoms with E-state index in [0.717, 1.165) is 0 Å². The van der Waals surface area contributed by atoms with E-state index in [-0.39, 0.29) is 13.0 Å². The summed E-state index contributed by atoms with van der Waals surface area (Å²) in [6.45, 7) is 0.112. The van der Waals surface area contributed by atoms with Gasteiger partial charge in [-0.15, -0.1) is 0 Å². The monoisotopic (exact) mass is 183 g/mol. The summed E-state index contributed by atoms with van der Waals surface area (Å²) in [5, 5.41) is 10.7. The Bertz CT molecular complexity index is 192. The van der Waals surface area contributed by atoms with E-state index in [1.165, 1.54) is 0 Å². The number of halogens is 3. The fourth-order valence-electron chi connectivity index (χ4n) is 1.32. The Hall–Kier alpha value is -0.780. The van der Waals surface area contributed by atoms with Crippen molar-refractivity contribution in [2.75, 3.05) is 6.54 Å². The molecule has 0 aliphatic carbocycles. The largest absolute Gasteiger partial charge is 0.480 e. The fraction of sp³-hybridized carbons (Fsp3) is 0.833. The number of carboxylic acids is 1. The molecule has 1 fully saturated rings. The van der Waals surface area contributed by atoms with E-state index in [9.17, 15) is 18.0 Å². The Kier molecular flexibility index (Phi) is 2.27. The summed E-state index contributed by atoms with van der Waals surface area (Å²) in [4.78, 5) is 10.3. The molecule has 2 N–H and O–H groups in total. The van der Waals surface area contributed by atoms with Crippen LogP contribution in [0, 0.1) is 5.92 Å². The lowest BCUT2D eigenvalue weighted by atomic mass is 10.0. The Morgan fingerprint density at radius 2 is 2.08 bits per heavy atom. The van der Waals surface area contributed by atoms with Crippen molar-refractivity contribution in [2.24, 2.45) is 5.92 Å². The first-order valence-corrected chi connectivity index (χ1v) is 3.46. The number of hydrogen-bond donors (Lipinski definition) is 2. The first kappa shape index (κ1) is 9.31. The van der Waals surface area contributed by atoms with Crippen molar-refractivity contribution in [1.29, 1.82) is 0 Å². The summed E-state index contributed by atoms with van der Waals surface area (Å²) in [6, 6.07) is -1.47. The molecule has 0 saturated carbocycles. The number of carboxylic acid groups (broad SMARTS) is 1. The Morgan fingerprint density at radius 3 is 2.42 bits per heavy atom. The number of hydrogen-bond acceptors (Lipinski definition) is 2. The highest BCUT2D eigenvalue weighted by molar-refractivity contribution is 5.74. The predicted octanol–water partition coefficient (Wildman–Crippen LogP) is 0.611. The molecule has 1 aliphatic heterocycles. The predicted molar refractivity (Wildman–Crippen MR) is 33.6 cm³/mol. The van der Waals surface area contributed by atoms with E-state index in [4.69, 9.17) is 5.11 Å². The third kappa shape index (κ3) is 1.69. The third-order valence-corrected chi connectivity index (χ3v) is 1.91. The standard InChI is InChI=1S/C6H8F3NO2/c7-6(8,9)3-1-2-10-4(3)5(11)12/h3-4,10H,1-2H2,(H,11,12)/t3-,4+/m0/s1. The average molecular weight is 183 g/mol. The highest BCUT2D eigenvalue weighted by Crippen LogP contribution is 2.34. The molecule has 0 aromatic heterocycles. The molecular formula is C6H8F3NO2. The average Bonchev–Trinajstić information content (AvgIpc) is 2.30. The maximum Gasteiger partial charge on any atom is 0.393 e. The van der Waals surface area contributed by atoms with Gasteiger partial charge in [-0.25, -0.2) is 0 Å². The van der Waals surface area contributed by atoms with Crippen LogP contribution >= 0.6 is 0 Å². The summed E-state index contributed by atoms with van der Waals surface area (Å²) in [7, 11) is 0. The normalized spacial score (nSPS) is 30.6. The molecule has 12 heavy (non-hydrogen) atoms. The van der Waals surface area contributed by atoms with Crippen molar-refractivity contribution >= 4 is 5.97 Å². The molecule has 0 spiro atoms. The molecule has 2 atom stereocenters. The quantitative estimate of drug-likeness (QED) is 0.626. The molecule has 1 saturated heterocycles. The van der Waals surface area contributed by atoms with Crippen LogP contribution in [0.1, 0.15) is 6.42 Å². The van der Waals surface area contributed by atoms with Crippen LogP contribution < -0.4 is 5.32 Å². The minimum Gasteiger partial charge on any atom is -0.480 e. The zero-order valence-corrected chi connectivity index (χ0v) is 6.06. The van der Waals surface area contributed by atoms with Gasteiger partial charge in [-0.3, -0.25) is 4.79 Å². The lowest BCUT2D eigenvalue weighted by molar-refractivity contribution is -0.183. The van der Waals surface area contributed by atoms with Crippen LogP contribution in [0.25, 0.3) is 0 Å². The van der Waals surface area contributed by atoms with Gasteiger partial charge in [0.05, 0.1) is 5.92 Å². The van der Waals surface area contributed by atoms with Gasteiger partial charge in [0.1, 0.15) is 6.04 Å². The molecule has 70 valence electrons. The number of carbonyl (C=O) groups is 1. The lowest BCUT2D eigenvalue weighted by Crippen LogP contribution is -2.41. The fourth-order valence-corrected chi connectivity index (χ4v) is 1.32. The van der Waals surface area contributed by atoms with Gasteiger partial charge in [0.25, 0.3) is 0 Å². The second kappa shape index (κ2) is 2.93. The minimum atomic E-state index is -4.41. The third-order valence-electron chi connectivity index (χ3n) is 1.91. The van der Waals surface area contributed by atoms with Gasteiger partial charge in [0.15, 0.2) is 0 Å². The Labute approximate surface area is 66.6 Å². The van der Waals surface area contributed by atoms with Gasteiger partial charge < -0.3 is 10.4 Å². The van der Waals surface area contributed by atoms with Gasteiger partial charge in [-0.05, 0) is 13.0 Å². The molecule has 0 amide bonds. The smallest absolute Gasteiger partial charge is 0.393 e. The number of nitrogens with one attached hydrogen (secondary N) is 1. The van der Waals surface area contributed by atoms with Crippen molar-refractivity contribution in [3.63, 3.8) is 0 Å². The SMILES string of the molecule is O=C(O)[C@@H]1NCC[C@@H]1C(F)(F)F. The van der Waals surface area contributed by atoms with Crippen LogP contribution in [0.3, 0.4) is 0 Å². The van der Waals surface area contributed by atoms with Crippen LogP contribution in [-0.2, 0) is 4.79 Å². The molecule has 3 nitrogen and oxygen atoms in total. The van der Waals surface area contributed by atoms with E-state index in [1.807, 2.05) is 0 Å². The topological polar surface area (TPSA) is 49.3 Å². The second-order valence-corrected chi connectivity index (χ2v) is 2.71. The van der Waals surface area contributed by atoms with Gasteiger partial charge in [-0.1, -0.05) is 0 Å². The van der Waals surface area contributed by atoms with E-state index in [2.05, 4.69) is 5.32 Å².